The summed E-state index contributed by atoms with van der Waals surface area (Å²) in [7, 11) is 0. The Kier molecular flexibility index (Phi) is 7.38. The minimum absolute atomic E-state index is 0.0758. The highest BCUT2D eigenvalue weighted by Gasteiger charge is 2.47. The molecule has 1 fully saturated rings. The first kappa shape index (κ1) is 20.9. The molecule has 1 aliphatic rings. The zero-order valence-corrected chi connectivity index (χ0v) is 14.2. The summed E-state index contributed by atoms with van der Waals surface area (Å²) >= 11 is 0. The fourth-order valence-corrected chi connectivity index (χ4v) is 4.09. The van der Waals surface area contributed by atoms with E-state index in [0.717, 1.165) is 0 Å². The molecule has 1 aliphatic carbocycles. The lowest BCUT2D eigenvalue weighted by molar-refractivity contribution is -0.139. The van der Waals surface area contributed by atoms with Crippen LogP contribution in [0.5, 0.6) is 0 Å². The van der Waals surface area contributed by atoms with Crippen molar-refractivity contribution in [2.24, 2.45) is 10.8 Å². The number of rotatable bonds is 12. The van der Waals surface area contributed by atoms with E-state index in [1.165, 1.54) is 0 Å². The number of carbonyl (C=O) groups is 4. The summed E-state index contributed by atoms with van der Waals surface area (Å²) in [6.45, 7) is 0. The minimum Gasteiger partial charge on any atom is -0.481 e. The van der Waals surface area contributed by atoms with E-state index in [9.17, 15) is 19.2 Å². The number of hydrogen-bond acceptors (Lipinski definition) is 4. The first-order valence-electron chi connectivity index (χ1n) is 8.45. The molecule has 0 spiro atoms. The van der Waals surface area contributed by atoms with E-state index >= 15 is 0 Å². The van der Waals surface area contributed by atoms with E-state index < -0.39 is 34.7 Å². The van der Waals surface area contributed by atoms with Gasteiger partial charge in [-0.1, -0.05) is 0 Å². The molecule has 0 amide bonds. The average Bonchev–Trinajstić information content (AvgIpc) is 2.88. The minimum atomic E-state index is -0.955. The Hall–Kier alpha value is -2.12. The summed E-state index contributed by atoms with van der Waals surface area (Å²) in [6.07, 6.45) is 2.72. The van der Waals surface area contributed by atoms with Crippen molar-refractivity contribution < 1.29 is 39.6 Å². The second kappa shape index (κ2) is 8.82. The van der Waals surface area contributed by atoms with Gasteiger partial charge in [0.15, 0.2) is 0 Å². The number of carboxylic acid groups (broad SMARTS) is 4. The van der Waals surface area contributed by atoms with Crippen molar-refractivity contribution in [3.05, 3.63) is 0 Å². The van der Waals surface area contributed by atoms with E-state index in [1.54, 1.807) is 0 Å². The van der Waals surface area contributed by atoms with Crippen LogP contribution in [-0.4, -0.2) is 44.3 Å². The van der Waals surface area contributed by atoms with Gasteiger partial charge in [0.05, 0.1) is 0 Å². The van der Waals surface area contributed by atoms with Gasteiger partial charge in [0.2, 0.25) is 0 Å². The first-order valence-corrected chi connectivity index (χ1v) is 8.45. The fourth-order valence-electron chi connectivity index (χ4n) is 4.09. The van der Waals surface area contributed by atoms with Crippen molar-refractivity contribution in [1.29, 1.82) is 0 Å². The van der Waals surface area contributed by atoms with Crippen LogP contribution in [0, 0.1) is 10.8 Å². The molecular weight excluding hydrogens is 332 g/mol. The van der Waals surface area contributed by atoms with Crippen LogP contribution in [0.4, 0.5) is 0 Å². The zero-order chi connectivity index (χ0) is 19.1. The molecule has 0 aliphatic heterocycles. The number of aliphatic carboxylic acids is 4. The van der Waals surface area contributed by atoms with Gasteiger partial charge >= 0.3 is 23.9 Å². The Morgan fingerprint density at radius 3 is 1.00 bits per heavy atom. The lowest BCUT2D eigenvalue weighted by Crippen LogP contribution is -2.26. The molecule has 4 N–H and O–H groups in total. The molecule has 0 radical (unpaired) electrons. The standard InChI is InChI=1S/C17H26O8/c18-12(19)1-5-16(6-2-13(20)21)9-10-17(11-16,7-3-14(22)23)8-4-15(24)25/h1-11H2,(H,18,19)(H,20,21)(H,22,23)(H,24,25). The van der Waals surface area contributed by atoms with E-state index in [2.05, 4.69) is 0 Å². The van der Waals surface area contributed by atoms with Gasteiger partial charge in [0, 0.05) is 25.7 Å². The molecule has 1 saturated carbocycles. The third kappa shape index (κ3) is 7.11. The molecule has 8 nitrogen and oxygen atoms in total. The van der Waals surface area contributed by atoms with E-state index in [1.807, 2.05) is 0 Å². The van der Waals surface area contributed by atoms with Gasteiger partial charge in [0.25, 0.3) is 0 Å². The van der Waals surface area contributed by atoms with Crippen molar-refractivity contribution in [3.8, 4) is 0 Å². The van der Waals surface area contributed by atoms with Crippen molar-refractivity contribution in [2.45, 2.75) is 70.6 Å². The first-order chi connectivity index (χ1) is 11.6. The Bertz CT molecular complexity index is 443. The summed E-state index contributed by atoms with van der Waals surface area (Å²) in [5, 5.41) is 35.9. The quantitative estimate of drug-likeness (QED) is 0.416. The number of carboxylic acids is 4. The van der Waals surface area contributed by atoms with Gasteiger partial charge in [-0.2, -0.15) is 0 Å². The summed E-state index contributed by atoms with van der Waals surface area (Å²) in [5.41, 5.74) is -0.957. The van der Waals surface area contributed by atoms with Crippen LogP contribution in [0.15, 0.2) is 0 Å². The molecule has 0 aromatic carbocycles. The van der Waals surface area contributed by atoms with Crippen LogP contribution in [0.3, 0.4) is 0 Å². The van der Waals surface area contributed by atoms with Crippen LogP contribution in [0.1, 0.15) is 70.6 Å². The highest BCUT2D eigenvalue weighted by molar-refractivity contribution is 5.68. The lowest BCUT2D eigenvalue weighted by Gasteiger charge is -2.34. The lowest BCUT2D eigenvalue weighted by atomic mass is 9.71. The summed E-state index contributed by atoms with van der Waals surface area (Å²) in [4.78, 5) is 43.8. The Morgan fingerprint density at radius 1 is 0.560 bits per heavy atom. The van der Waals surface area contributed by atoms with Gasteiger partial charge in [0.1, 0.15) is 0 Å². The highest BCUT2D eigenvalue weighted by Crippen LogP contribution is 2.58. The molecule has 0 saturated heterocycles. The van der Waals surface area contributed by atoms with Crippen molar-refractivity contribution in [1.82, 2.24) is 0 Å². The molecule has 0 heterocycles. The number of hydrogen-bond donors (Lipinski definition) is 4. The van der Waals surface area contributed by atoms with Crippen molar-refractivity contribution in [2.75, 3.05) is 0 Å². The van der Waals surface area contributed by atoms with Gasteiger partial charge in [-0.05, 0) is 55.8 Å². The zero-order valence-electron chi connectivity index (χ0n) is 14.2. The Balaban J connectivity index is 2.94. The van der Waals surface area contributed by atoms with Crippen LogP contribution in [0.2, 0.25) is 0 Å². The average molecular weight is 358 g/mol. The van der Waals surface area contributed by atoms with Crippen LogP contribution in [-0.2, 0) is 19.2 Å². The van der Waals surface area contributed by atoms with Crippen molar-refractivity contribution in [3.63, 3.8) is 0 Å². The van der Waals surface area contributed by atoms with Crippen LogP contribution < -0.4 is 0 Å². The summed E-state index contributed by atoms with van der Waals surface area (Å²) in [5.74, 6) is -3.82. The van der Waals surface area contributed by atoms with E-state index in [4.69, 9.17) is 20.4 Å². The Labute approximate surface area is 145 Å². The molecule has 142 valence electrons. The smallest absolute Gasteiger partial charge is 0.303 e. The molecular formula is C17H26O8. The van der Waals surface area contributed by atoms with Crippen LogP contribution in [0.25, 0.3) is 0 Å². The van der Waals surface area contributed by atoms with Crippen molar-refractivity contribution >= 4 is 23.9 Å². The fraction of sp³-hybridized carbons (Fsp3) is 0.765. The van der Waals surface area contributed by atoms with Gasteiger partial charge in [-0.3, -0.25) is 19.2 Å². The molecule has 25 heavy (non-hydrogen) atoms. The highest BCUT2D eigenvalue weighted by atomic mass is 16.4. The second-order valence-corrected chi connectivity index (χ2v) is 7.25. The van der Waals surface area contributed by atoms with E-state index in [-0.39, 0.29) is 25.7 Å². The maximum atomic E-state index is 11.0. The molecule has 0 aromatic heterocycles. The summed E-state index contributed by atoms with van der Waals surface area (Å²) in [6, 6.07) is 0. The summed E-state index contributed by atoms with van der Waals surface area (Å²) < 4.78 is 0. The SMILES string of the molecule is O=C(O)CCC1(CCC(=O)O)CCC(CCC(=O)O)(CCC(=O)O)C1. The predicted molar refractivity (Wildman–Crippen MR) is 86.2 cm³/mol. The molecule has 0 aromatic rings. The second-order valence-electron chi connectivity index (χ2n) is 7.25. The maximum Gasteiger partial charge on any atom is 0.303 e. The van der Waals surface area contributed by atoms with Gasteiger partial charge < -0.3 is 20.4 Å². The molecule has 0 atom stereocenters. The largest absolute Gasteiger partial charge is 0.481 e. The van der Waals surface area contributed by atoms with Gasteiger partial charge in [-0.25, -0.2) is 0 Å². The third-order valence-corrected chi connectivity index (χ3v) is 5.41. The molecule has 0 unspecified atom stereocenters. The van der Waals surface area contributed by atoms with Crippen LogP contribution >= 0.6 is 0 Å². The normalized spacial score (nSPS) is 17.9. The third-order valence-electron chi connectivity index (χ3n) is 5.41. The topological polar surface area (TPSA) is 149 Å². The molecule has 0 bridgehead atoms. The van der Waals surface area contributed by atoms with Gasteiger partial charge in [-0.15, -0.1) is 0 Å². The maximum absolute atomic E-state index is 11.0. The molecule has 1 rings (SSSR count). The van der Waals surface area contributed by atoms with E-state index in [0.29, 0.717) is 44.9 Å². The molecule has 8 heteroatoms. The monoisotopic (exact) mass is 358 g/mol. The predicted octanol–water partition coefficient (Wildman–Crippen LogP) is 2.60. The Morgan fingerprint density at radius 2 is 0.800 bits per heavy atom.